The van der Waals surface area contributed by atoms with Crippen molar-refractivity contribution >= 4 is 127 Å². The molecule has 0 spiro atoms. The number of thiocarbonyl (C=S) groups is 1. The first-order valence-electron chi connectivity index (χ1n) is 12.7. The molecule has 3 aromatic rings. The van der Waals surface area contributed by atoms with E-state index in [4.69, 9.17) is 86.6 Å². The number of aryl methyl sites for hydroxylation is 1. The zero-order valence-electron chi connectivity index (χ0n) is 22.6. The molecule has 2 aromatic carbocycles. The van der Waals surface area contributed by atoms with E-state index in [-0.39, 0.29) is 35.6 Å². The van der Waals surface area contributed by atoms with Crippen molar-refractivity contribution in [1.29, 1.82) is 0 Å². The lowest BCUT2D eigenvalue weighted by atomic mass is 10.1. The van der Waals surface area contributed by atoms with Gasteiger partial charge in [0.25, 0.3) is 5.91 Å². The molecule has 1 fully saturated rings. The number of fused-ring (bicyclic) bond motifs is 1. The van der Waals surface area contributed by atoms with Crippen molar-refractivity contribution in [2.75, 3.05) is 24.6 Å². The highest BCUT2D eigenvalue weighted by atomic mass is 35.6. The highest BCUT2D eigenvalue weighted by molar-refractivity contribution is 8.27. The average Bonchev–Trinajstić information content (AvgIpc) is 3.46. The van der Waals surface area contributed by atoms with Crippen molar-refractivity contribution < 1.29 is 14.3 Å². The van der Waals surface area contributed by atoms with Gasteiger partial charge in [0.2, 0.25) is 7.59 Å². The number of carbonyl (C=O) groups is 2. The summed E-state index contributed by atoms with van der Waals surface area (Å²) in [5.41, 5.74) is 2.75. The number of alkyl halides is 6. The van der Waals surface area contributed by atoms with E-state index >= 15 is 0 Å². The number of esters is 1. The summed E-state index contributed by atoms with van der Waals surface area (Å²) >= 11 is 44.0. The summed E-state index contributed by atoms with van der Waals surface area (Å²) < 4.78 is 2.14. The summed E-state index contributed by atoms with van der Waals surface area (Å²) in [6.45, 7) is 4.76. The van der Waals surface area contributed by atoms with E-state index < -0.39 is 13.6 Å². The Balaban J connectivity index is 1.32. The van der Waals surface area contributed by atoms with Crippen molar-refractivity contribution in [1.82, 2.24) is 19.9 Å². The number of amides is 1. The molecule has 0 aliphatic carbocycles. The van der Waals surface area contributed by atoms with Crippen LogP contribution in [0.25, 0.3) is 11.4 Å². The molecular weight excluding hydrogens is 751 g/mol. The van der Waals surface area contributed by atoms with Crippen LogP contribution < -0.4 is 4.90 Å². The first-order valence-corrected chi connectivity index (χ1v) is 17.0. The smallest absolute Gasteiger partial charge is 0.338 e. The van der Waals surface area contributed by atoms with Crippen LogP contribution in [0.4, 0.5) is 5.69 Å². The molecule has 230 valence electrons. The van der Waals surface area contributed by atoms with E-state index in [9.17, 15) is 9.59 Å². The number of halogens is 6. The minimum atomic E-state index is -2.00. The molecule has 0 radical (unpaired) electrons. The quantitative estimate of drug-likeness (QED) is 0.106. The van der Waals surface area contributed by atoms with E-state index in [1.807, 2.05) is 30.9 Å². The Bertz CT molecular complexity index is 1660. The molecule has 0 N–H and O–H groups in total. The van der Waals surface area contributed by atoms with Gasteiger partial charge >= 0.3 is 5.97 Å². The second-order valence-corrected chi connectivity index (χ2v) is 16.5. The topological polar surface area (TPSA) is 88.5 Å². The number of thioether (sulfide) groups is 2. The molecule has 0 unspecified atom stereocenters. The normalized spacial score (nSPS) is 17.0. The first-order chi connectivity index (χ1) is 20.7. The van der Waals surface area contributed by atoms with Gasteiger partial charge in [-0.1, -0.05) is 124 Å². The third kappa shape index (κ3) is 7.21. The van der Waals surface area contributed by atoms with Crippen molar-refractivity contribution in [2.24, 2.45) is 0 Å². The third-order valence-corrected chi connectivity index (χ3v) is 10.0. The van der Waals surface area contributed by atoms with Crippen molar-refractivity contribution in [2.45, 2.75) is 26.3 Å². The van der Waals surface area contributed by atoms with Crippen LogP contribution in [0.3, 0.4) is 0 Å². The van der Waals surface area contributed by atoms with Crippen LogP contribution in [0.5, 0.6) is 0 Å². The summed E-state index contributed by atoms with van der Waals surface area (Å²) in [4.78, 5) is 43.5. The zero-order chi connectivity index (χ0) is 32.0. The Morgan fingerprint density at radius 2 is 1.57 bits per heavy atom. The summed E-state index contributed by atoms with van der Waals surface area (Å²) in [6, 6.07) is 12.3. The highest BCUT2D eigenvalue weighted by Gasteiger charge is 2.39. The monoisotopic (exact) mass is 767 g/mol. The van der Waals surface area contributed by atoms with Crippen LogP contribution in [-0.4, -0.2) is 55.7 Å². The van der Waals surface area contributed by atoms with Crippen LogP contribution in [0.15, 0.2) is 57.3 Å². The number of nitrogens with zero attached hydrogens (tertiary/aromatic N) is 5. The molecule has 1 aromatic heterocycles. The maximum absolute atomic E-state index is 13.1. The SMILES string of the molecule is CCN1C(=O)C(=C2Sc3cc(C)ccc3N2CCOC(=O)c2ccc(-c3nc(C(Cl)(Cl)Cl)nc(C(Cl)(Cl)Cl)n3)cc2)SC1=S. The van der Waals surface area contributed by atoms with Gasteiger partial charge in [-0.15, -0.1) is 0 Å². The number of carbonyl (C=O) groups excluding carboxylic acids is 2. The molecule has 1 amide bonds. The van der Waals surface area contributed by atoms with Crippen molar-refractivity contribution in [3.63, 3.8) is 0 Å². The van der Waals surface area contributed by atoms with Crippen LogP contribution in [0.1, 0.15) is 34.5 Å². The molecule has 1 saturated heterocycles. The predicted octanol–water partition coefficient (Wildman–Crippen LogP) is 8.32. The van der Waals surface area contributed by atoms with Crippen LogP contribution >= 0.6 is 105 Å². The lowest BCUT2D eigenvalue weighted by Crippen LogP contribution is -2.29. The fourth-order valence-electron chi connectivity index (χ4n) is 4.21. The van der Waals surface area contributed by atoms with Gasteiger partial charge in [0.05, 0.1) is 17.8 Å². The minimum Gasteiger partial charge on any atom is -0.460 e. The van der Waals surface area contributed by atoms with E-state index in [2.05, 4.69) is 21.0 Å². The van der Waals surface area contributed by atoms with Crippen molar-refractivity contribution in [3.05, 3.63) is 75.2 Å². The minimum absolute atomic E-state index is 0.0543. The van der Waals surface area contributed by atoms with Crippen LogP contribution in [0.2, 0.25) is 0 Å². The van der Waals surface area contributed by atoms with E-state index in [0.29, 0.717) is 27.9 Å². The number of rotatable bonds is 6. The molecule has 17 heteroatoms. The molecule has 0 saturated carbocycles. The number of anilines is 1. The largest absolute Gasteiger partial charge is 0.460 e. The Hall–Kier alpha value is -1.54. The molecule has 44 heavy (non-hydrogen) atoms. The predicted molar refractivity (Wildman–Crippen MR) is 183 cm³/mol. The summed E-state index contributed by atoms with van der Waals surface area (Å²) in [5, 5.41) is 0.764. The van der Waals surface area contributed by atoms with Gasteiger partial charge < -0.3 is 9.64 Å². The Labute approximate surface area is 296 Å². The average molecular weight is 770 g/mol. The summed E-state index contributed by atoms with van der Waals surface area (Å²) in [7, 11) is 0. The summed E-state index contributed by atoms with van der Waals surface area (Å²) in [6.07, 6.45) is 0. The van der Waals surface area contributed by atoms with E-state index in [1.165, 1.54) is 35.7 Å². The second-order valence-electron chi connectivity index (χ2n) is 9.29. The molecular formula is C27H19Cl6N5O3S3. The number of likely N-dealkylation sites (N-methyl/N-ethyl adjacent to an activating group) is 1. The molecule has 0 bridgehead atoms. The standard InChI is InChI=1S/C27H19Cl6N5O3S3/c1-3-37-20(39)18(44-25(37)42)21-38(16-9-4-13(2)12-17(16)43-21)10-11-41-22(40)15-7-5-14(6-8-15)19-34-23(26(28,29)30)36-24(35-19)27(31,32)33/h4-9,12H,3,10-11H2,1-2H3. The van der Waals surface area contributed by atoms with Gasteiger partial charge in [0.1, 0.15) is 20.9 Å². The van der Waals surface area contributed by atoms with Gasteiger partial charge in [0.15, 0.2) is 17.5 Å². The fraction of sp³-hybridized carbons (Fsp3) is 0.259. The van der Waals surface area contributed by atoms with E-state index in [1.54, 1.807) is 17.0 Å². The Kier molecular flexibility index (Phi) is 10.2. The molecule has 2 aliphatic heterocycles. The third-order valence-electron chi connectivity index (χ3n) is 6.29. The fourth-order valence-corrected chi connectivity index (χ4v) is 7.54. The maximum atomic E-state index is 13.1. The number of hydrogen-bond donors (Lipinski definition) is 0. The lowest BCUT2D eigenvalue weighted by molar-refractivity contribution is -0.122. The Morgan fingerprint density at radius 3 is 2.14 bits per heavy atom. The molecule has 5 rings (SSSR count). The number of benzene rings is 2. The van der Waals surface area contributed by atoms with Crippen LogP contribution in [-0.2, 0) is 17.1 Å². The number of ether oxygens (including phenoxy) is 1. The van der Waals surface area contributed by atoms with Gasteiger partial charge in [-0.3, -0.25) is 9.69 Å². The highest BCUT2D eigenvalue weighted by Crippen LogP contribution is 2.51. The lowest BCUT2D eigenvalue weighted by Gasteiger charge is -2.21. The Morgan fingerprint density at radius 1 is 0.932 bits per heavy atom. The van der Waals surface area contributed by atoms with Gasteiger partial charge in [-0.2, -0.15) is 0 Å². The van der Waals surface area contributed by atoms with Gasteiger partial charge in [0, 0.05) is 17.0 Å². The molecule has 8 nitrogen and oxygen atoms in total. The maximum Gasteiger partial charge on any atom is 0.338 e. The van der Waals surface area contributed by atoms with Gasteiger partial charge in [-0.05, 0) is 43.7 Å². The van der Waals surface area contributed by atoms with E-state index in [0.717, 1.165) is 21.2 Å². The second kappa shape index (κ2) is 13.3. The molecule has 3 heterocycles. The summed E-state index contributed by atoms with van der Waals surface area (Å²) in [5.74, 6) is -1.07. The van der Waals surface area contributed by atoms with Crippen LogP contribution in [0, 0.1) is 6.92 Å². The number of aromatic nitrogens is 3. The van der Waals surface area contributed by atoms with Crippen molar-refractivity contribution in [3.8, 4) is 11.4 Å². The number of hydrogen-bond acceptors (Lipinski definition) is 10. The molecule has 0 atom stereocenters. The zero-order valence-corrected chi connectivity index (χ0v) is 29.6. The van der Waals surface area contributed by atoms with Gasteiger partial charge in [-0.25, -0.2) is 19.7 Å². The first kappa shape index (κ1) is 33.8. The molecule has 2 aliphatic rings.